The van der Waals surface area contributed by atoms with E-state index in [9.17, 15) is 4.79 Å². The molecule has 2 aromatic rings. The molecule has 5 rings (SSSR count). The topological polar surface area (TPSA) is 58.1 Å². The van der Waals surface area contributed by atoms with Crippen LogP contribution < -0.4 is 9.47 Å². The summed E-state index contributed by atoms with van der Waals surface area (Å²) in [7, 11) is 0. The molecule has 0 N–H and O–H groups in total. The smallest absolute Gasteiger partial charge is 0.246 e. The van der Waals surface area contributed by atoms with Crippen LogP contribution in [0.3, 0.4) is 0 Å². The number of piperidine rings is 1. The summed E-state index contributed by atoms with van der Waals surface area (Å²) in [4.78, 5) is 24.0. The van der Waals surface area contributed by atoms with Crippen LogP contribution in [-0.4, -0.2) is 77.7 Å². The van der Waals surface area contributed by atoms with Gasteiger partial charge in [0.1, 0.15) is 0 Å². The average molecular weight is 435 g/mol. The molecule has 1 amide bonds. The van der Waals surface area contributed by atoms with Crippen LogP contribution in [0, 0.1) is 0 Å². The second kappa shape index (κ2) is 9.71. The monoisotopic (exact) mass is 434 g/mol. The first-order chi connectivity index (χ1) is 15.7. The number of amides is 1. The summed E-state index contributed by atoms with van der Waals surface area (Å²) >= 11 is 0. The predicted molar refractivity (Wildman–Crippen MR) is 122 cm³/mol. The highest BCUT2D eigenvalue weighted by Gasteiger charge is 2.29. The summed E-state index contributed by atoms with van der Waals surface area (Å²) in [6, 6.07) is 12.4. The van der Waals surface area contributed by atoms with Gasteiger partial charge in [0.2, 0.25) is 12.7 Å². The third-order valence-electron chi connectivity index (χ3n) is 6.56. The highest BCUT2D eigenvalue weighted by molar-refractivity contribution is 5.91. The Morgan fingerprint density at radius 1 is 1.06 bits per heavy atom. The number of carbonyl (C=O) groups is 1. The van der Waals surface area contributed by atoms with E-state index in [4.69, 9.17) is 9.47 Å². The summed E-state index contributed by atoms with van der Waals surface area (Å²) in [5, 5.41) is 0. The Bertz CT molecular complexity index is 957. The van der Waals surface area contributed by atoms with Crippen LogP contribution in [0.2, 0.25) is 0 Å². The fourth-order valence-corrected chi connectivity index (χ4v) is 4.77. The number of nitrogens with zero attached hydrogens (tertiary/aromatic N) is 4. The predicted octanol–water partition coefficient (Wildman–Crippen LogP) is 2.63. The lowest BCUT2D eigenvalue weighted by molar-refractivity contribution is -0.128. The molecule has 3 aliphatic rings. The largest absolute Gasteiger partial charge is 0.454 e. The molecule has 1 aromatic heterocycles. The van der Waals surface area contributed by atoms with Crippen molar-refractivity contribution in [2.75, 3.05) is 46.1 Å². The number of pyridine rings is 1. The number of benzene rings is 1. The molecule has 7 nitrogen and oxygen atoms in total. The van der Waals surface area contributed by atoms with Crippen LogP contribution in [0.1, 0.15) is 24.1 Å². The van der Waals surface area contributed by atoms with Crippen molar-refractivity contribution in [2.45, 2.75) is 25.4 Å². The molecular formula is C25H30N4O3. The number of hydrogen-bond acceptors (Lipinski definition) is 6. The molecule has 32 heavy (non-hydrogen) atoms. The Kier molecular flexibility index (Phi) is 6.36. The summed E-state index contributed by atoms with van der Waals surface area (Å²) in [5.41, 5.74) is 2.07. The second-order valence-electron chi connectivity index (χ2n) is 8.67. The first kappa shape index (κ1) is 21.0. The van der Waals surface area contributed by atoms with Crippen molar-refractivity contribution in [1.29, 1.82) is 0 Å². The molecule has 0 unspecified atom stereocenters. The van der Waals surface area contributed by atoms with Gasteiger partial charge in [0, 0.05) is 64.1 Å². The molecule has 0 radical (unpaired) electrons. The lowest BCUT2D eigenvalue weighted by Gasteiger charge is -2.43. The van der Waals surface area contributed by atoms with Crippen molar-refractivity contribution in [3.05, 3.63) is 59.9 Å². The van der Waals surface area contributed by atoms with Crippen LogP contribution in [0.4, 0.5) is 0 Å². The Morgan fingerprint density at radius 2 is 1.94 bits per heavy atom. The third-order valence-corrected chi connectivity index (χ3v) is 6.56. The second-order valence-corrected chi connectivity index (χ2v) is 8.67. The Balaban J connectivity index is 1.11. The van der Waals surface area contributed by atoms with Gasteiger partial charge in [0.15, 0.2) is 11.5 Å². The quantitative estimate of drug-likeness (QED) is 0.675. The van der Waals surface area contributed by atoms with Crippen LogP contribution in [0.15, 0.2) is 48.7 Å². The van der Waals surface area contributed by atoms with Gasteiger partial charge in [0.25, 0.3) is 0 Å². The molecule has 0 bridgehead atoms. The zero-order valence-electron chi connectivity index (χ0n) is 18.4. The van der Waals surface area contributed by atoms with E-state index >= 15 is 0 Å². The van der Waals surface area contributed by atoms with Crippen LogP contribution >= 0.6 is 0 Å². The van der Waals surface area contributed by atoms with Crippen LogP contribution in [0.5, 0.6) is 11.5 Å². The number of likely N-dealkylation sites (tertiary alicyclic amines) is 1. The minimum atomic E-state index is 0.0850. The third kappa shape index (κ3) is 4.95. The van der Waals surface area contributed by atoms with Gasteiger partial charge in [-0.15, -0.1) is 0 Å². The summed E-state index contributed by atoms with van der Waals surface area (Å²) in [5.74, 6) is 1.77. The number of carbonyl (C=O) groups excluding carboxylic acids is 1. The summed E-state index contributed by atoms with van der Waals surface area (Å²) in [6.45, 7) is 7.06. The van der Waals surface area contributed by atoms with Crippen molar-refractivity contribution in [3.63, 3.8) is 0 Å². The number of piperazine rings is 1. The number of hydrogen-bond donors (Lipinski definition) is 0. The fourth-order valence-electron chi connectivity index (χ4n) is 4.77. The SMILES string of the molecule is O=C(/C=C/c1ccccn1)N1CCC[C@@H](N2CCN(Cc3ccc4c(c3)OCO4)CC2)C1. The molecule has 3 aliphatic heterocycles. The van der Waals surface area contributed by atoms with E-state index in [1.165, 1.54) is 5.56 Å². The van der Waals surface area contributed by atoms with Gasteiger partial charge >= 0.3 is 0 Å². The van der Waals surface area contributed by atoms with Crippen molar-refractivity contribution < 1.29 is 14.3 Å². The van der Waals surface area contributed by atoms with Crippen molar-refractivity contribution in [3.8, 4) is 11.5 Å². The molecule has 0 spiro atoms. The van der Waals surface area contributed by atoms with Gasteiger partial charge < -0.3 is 14.4 Å². The highest BCUT2D eigenvalue weighted by atomic mass is 16.7. The molecule has 1 atom stereocenters. The first-order valence-electron chi connectivity index (χ1n) is 11.5. The van der Waals surface area contributed by atoms with E-state index in [2.05, 4.69) is 26.9 Å². The van der Waals surface area contributed by atoms with E-state index in [0.29, 0.717) is 12.8 Å². The molecule has 7 heteroatoms. The Labute approximate surface area is 189 Å². The highest BCUT2D eigenvalue weighted by Crippen LogP contribution is 2.33. The molecule has 2 fully saturated rings. The molecule has 0 aliphatic carbocycles. The lowest BCUT2D eigenvalue weighted by atomic mass is 10.0. The van der Waals surface area contributed by atoms with Gasteiger partial charge in [-0.2, -0.15) is 0 Å². The zero-order valence-corrected chi connectivity index (χ0v) is 18.4. The van der Waals surface area contributed by atoms with E-state index in [0.717, 1.165) is 75.8 Å². The van der Waals surface area contributed by atoms with E-state index in [1.54, 1.807) is 18.3 Å². The maximum atomic E-state index is 12.7. The summed E-state index contributed by atoms with van der Waals surface area (Å²) in [6.07, 6.45) is 7.43. The van der Waals surface area contributed by atoms with Gasteiger partial charge in [-0.05, 0) is 48.7 Å². The molecular weight excluding hydrogens is 404 g/mol. The Morgan fingerprint density at radius 3 is 2.78 bits per heavy atom. The van der Waals surface area contributed by atoms with Crippen molar-refractivity contribution in [1.82, 2.24) is 19.7 Å². The normalized spacial score (nSPS) is 21.9. The maximum Gasteiger partial charge on any atom is 0.246 e. The zero-order chi connectivity index (χ0) is 21.8. The number of ether oxygens (including phenoxy) is 2. The van der Waals surface area contributed by atoms with Gasteiger partial charge in [-0.1, -0.05) is 12.1 Å². The maximum absolute atomic E-state index is 12.7. The number of rotatable bonds is 5. The minimum Gasteiger partial charge on any atom is -0.454 e. The van der Waals surface area contributed by atoms with E-state index in [1.807, 2.05) is 29.2 Å². The Hall–Kier alpha value is -2.90. The molecule has 4 heterocycles. The van der Waals surface area contributed by atoms with Crippen molar-refractivity contribution >= 4 is 12.0 Å². The van der Waals surface area contributed by atoms with Crippen molar-refractivity contribution in [2.24, 2.45) is 0 Å². The molecule has 1 aromatic carbocycles. The van der Waals surface area contributed by atoms with Gasteiger partial charge in [-0.25, -0.2) is 0 Å². The lowest BCUT2D eigenvalue weighted by Crippen LogP contribution is -2.55. The standard InChI is InChI=1S/C25H30N4O3/c30-25(9-7-21-4-1-2-10-26-21)29-11-3-5-22(18-29)28-14-12-27(13-15-28)17-20-6-8-23-24(16-20)32-19-31-23/h1-2,4,6-10,16,22H,3,5,11-15,17-19H2/b9-7+/t22-/m1/s1. The first-order valence-corrected chi connectivity index (χ1v) is 11.5. The number of fused-ring (bicyclic) bond motifs is 1. The average Bonchev–Trinajstić information content (AvgIpc) is 3.32. The minimum absolute atomic E-state index is 0.0850. The van der Waals surface area contributed by atoms with Gasteiger partial charge in [0.05, 0.1) is 5.69 Å². The van der Waals surface area contributed by atoms with Crippen LogP contribution in [0.25, 0.3) is 6.08 Å². The molecule has 0 saturated carbocycles. The molecule has 168 valence electrons. The fraction of sp³-hybridized carbons (Fsp3) is 0.440. The number of aromatic nitrogens is 1. The van der Waals surface area contributed by atoms with Crippen LogP contribution in [-0.2, 0) is 11.3 Å². The van der Waals surface area contributed by atoms with E-state index < -0.39 is 0 Å². The molecule has 2 saturated heterocycles. The van der Waals surface area contributed by atoms with Gasteiger partial charge in [-0.3, -0.25) is 19.6 Å². The summed E-state index contributed by atoms with van der Waals surface area (Å²) < 4.78 is 10.9. The van der Waals surface area contributed by atoms with E-state index in [-0.39, 0.29) is 5.91 Å².